The Kier molecular flexibility index (Phi) is 3.89. The van der Waals surface area contributed by atoms with Crippen LogP contribution in [0.15, 0.2) is 24.3 Å². The van der Waals surface area contributed by atoms with Crippen LogP contribution in [-0.2, 0) is 12.8 Å². The van der Waals surface area contributed by atoms with E-state index in [2.05, 4.69) is 14.9 Å². The highest BCUT2D eigenvalue weighted by Crippen LogP contribution is 2.36. The Morgan fingerprint density at radius 3 is 2.74 bits per heavy atom. The van der Waals surface area contributed by atoms with E-state index in [9.17, 15) is 13.2 Å². The zero-order valence-corrected chi connectivity index (χ0v) is 10.7. The maximum atomic E-state index is 12.7. The standard InChI is InChI=1S/C11H10F3N3OS/c1-15-10-8(16-17-19-10)6-18-9-5-3-2-4-7(9)11(12,13)14/h2-5,15H,6H2,1H3. The van der Waals surface area contributed by atoms with Gasteiger partial charge in [0.1, 0.15) is 23.1 Å². The van der Waals surface area contributed by atoms with Crippen LogP contribution in [0.4, 0.5) is 18.2 Å². The van der Waals surface area contributed by atoms with Gasteiger partial charge in [-0.1, -0.05) is 16.6 Å². The SMILES string of the molecule is CNc1snnc1COc1ccccc1C(F)(F)F. The molecule has 0 saturated heterocycles. The van der Waals surface area contributed by atoms with Crippen molar-refractivity contribution in [2.24, 2.45) is 0 Å². The van der Waals surface area contributed by atoms with E-state index in [0.717, 1.165) is 17.6 Å². The highest BCUT2D eigenvalue weighted by atomic mass is 32.1. The van der Waals surface area contributed by atoms with Crippen LogP contribution in [0.1, 0.15) is 11.3 Å². The van der Waals surface area contributed by atoms with E-state index >= 15 is 0 Å². The number of aromatic nitrogens is 2. The van der Waals surface area contributed by atoms with E-state index in [0.29, 0.717) is 10.7 Å². The van der Waals surface area contributed by atoms with Gasteiger partial charge < -0.3 is 10.1 Å². The number of hydrogen-bond acceptors (Lipinski definition) is 5. The molecule has 19 heavy (non-hydrogen) atoms. The highest BCUT2D eigenvalue weighted by molar-refractivity contribution is 7.10. The number of rotatable bonds is 4. The van der Waals surface area contributed by atoms with Gasteiger partial charge in [-0.2, -0.15) is 13.2 Å². The van der Waals surface area contributed by atoms with E-state index in [4.69, 9.17) is 4.74 Å². The fourth-order valence-corrected chi connectivity index (χ4v) is 1.98. The summed E-state index contributed by atoms with van der Waals surface area (Å²) in [5.41, 5.74) is -0.325. The van der Waals surface area contributed by atoms with Crippen molar-refractivity contribution in [1.29, 1.82) is 0 Å². The quantitative estimate of drug-likeness (QED) is 0.939. The maximum absolute atomic E-state index is 12.7. The Morgan fingerprint density at radius 2 is 2.05 bits per heavy atom. The number of halogens is 3. The van der Waals surface area contributed by atoms with Crippen molar-refractivity contribution in [1.82, 2.24) is 9.59 Å². The number of alkyl halides is 3. The van der Waals surface area contributed by atoms with Crippen LogP contribution in [-0.4, -0.2) is 16.6 Å². The van der Waals surface area contributed by atoms with Gasteiger partial charge in [0.15, 0.2) is 0 Å². The molecule has 2 rings (SSSR count). The molecule has 0 saturated carbocycles. The molecule has 0 unspecified atom stereocenters. The molecule has 0 atom stereocenters. The minimum Gasteiger partial charge on any atom is -0.486 e. The predicted octanol–water partition coefficient (Wildman–Crippen LogP) is 3.18. The van der Waals surface area contributed by atoms with Gasteiger partial charge >= 0.3 is 6.18 Å². The molecule has 2 aromatic rings. The molecule has 1 aromatic carbocycles. The van der Waals surface area contributed by atoms with Crippen molar-refractivity contribution in [3.8, 4) is 5.75 Å². The zero-order valence-electron chi connectivity index (χ0n) is 9.86. The number of anilines is 1. The van der Waals surface area contributed by atoms with Gasteiger partial charge in [-0.25, -0.2) is 0 Å². The number of para-hydroxylation sites is 1. The average Bonchev–Trinajstić information content (AvgIpc) is 2.83. The fraction of sp³-hybridized carbons (Fsp3) is 0.273. The van der Waals surface area contributed by atoms with Gasteiger partial charge in [0.05, 0.1) is 5.56 Å². The van der Waals surface area contributed by atoms with E-state index in [1.165, 1.54) is 18.2 Å². The predicted molar refractivity (Wildman–Crippen MR) is 65.2 cm³/mol. The molecule has 0 aliphatic heterocycles. The summed E-state index contributed by atoms with van der Waals surface area (Å²) in [6, 6.07) is 5.07. The monoisotopic (exact) mass is 289 g/mol. The van der Waals surface area contributed by atoms with Gasteiger partial charge in [0, 0.05) is 18.6 Å². The lowest BCUT2D eigenvalue weighted by Crippen LogP contribution is -2.09. The Balaban J connectivity index is 2.16. The summed E-state index contributed by atoms with van der Waals surface area (Å²) in [6.07, 6.45) is -4.44. The van der Waals surface area contributed by atoms with Crippen LogP contribution >= 0.6 is 11.5 Å². The van der Waals surface area contributed by atoms with Crippen LogP contribution in [0, 0.1) is 0 Å². The van der Waals surface area contributed by atoms with Crippen molar-refractivity contribution in [2.45, 2.75) is 12.8 Å². The van der Waals surface area contributed by atoms with E-state index in [-0.39, 0.29) is 12.4 Å². The average molecular weight is 289 g/mol. The summed E-state index contributed by atoms with van der Waals surface area (Å²) in [6.45, 7) is -0.0697. The van der Waals surface area contributed by atoms with Crippen LogP contribution in [0.3, 0.4) is 0 Å². The van der Waals surface area contributed by atoms with Crippen molar-refractivity contribution >= 4 is 16.5 Å². The maximum Gasteiger partial charge on any atom is 0.419 e. The van der Waals surface area contributed by atoms with Crippen LogP contribution in [0.5, 0.6) is 5.75 Å². The molecule has 0 amide bonds. The van der Waals surface area contributed by atoms with Crippen molar-refractivity contribution in [3.63, 3.8) is 0 Å². The normalized spacial score (nSPS) is 11.4. The molecule has 1 heterocycles. The third kappa shape index (κ3) is 3.14. The molecule has 1 aromatic heterocycles. The second-order valence-corrected chi connectivity index (χ2v) is 4.34. The Hall–Kier alpha value is -1.83. The Labute approximate surface area is 111 Å². The summed E-state index contributed by atoms with van der Waals surface area (Å²) in [5.74, 6) is -0.218. The van der Waals surface area contributed by atoms with Crippen LogP contribution in [0.25, 0.3) is 0 Å². The summed E-state index contributed by atoms with van der Waals surface area (Å²) in [4.78, 5) is 0. The number of nitrogens with zero attached hydrogens (tertiary/aromatic N) is 2. The van der Waals surface area contributed by atoms with Crippen LogP contribution < -0.4 is 10.1 Å². The molecule has 0 bridgehead atoms. The van der Waals surface area contributed by atoms with E-state index in [1.807, 2.05) is 0 Å². The molecule has 4 nitrogen and oxygen atoms in total. The lowest BCUT2D eigenvalue weighted by atomic mass is 10.2. The molecular formula is C11H10F3N3OS. The van der Waals surface area contributed by atoms with Crippen LogP contribution in [0.2, 0.25) is 0 Å². The summed E-state index contributed by atoms with van der Waals surface area (Å²) >= 11 is 1.12. The van der Waals surface area contributed by atoms with E-state index < -0.39 is 11.7 Å². The lowest BCUT2D eigenvalue weighted by molar-refractivity contribution is -0.139. The van der Waals surface area contributed by atoms with Crippen molar-refractivity contribution in [2.75, 3.05) is 12.4 Å². The van der Waals surface area contributed by atoms with Gasteiger partial charge in [0.2, 0.25) is 0 Å². The summed E-state index contributed by atoms with van der Waals surface area (Å²) < 4.78 is 47.1. The highest BCUT2D eigenvalue weighted by Gasteiger charge is 2.34. The molecular weight excluding hydrogens is 279 g/mol. The molecule has 0 radical (unpaired) electrons. The first-order chi connectivity index (χ1) is 9.02. The first kappa shape index (κ1) is 13.6. The van der Waals surface area contributed by atoms with Gasteiger partial charge in [-0.3, -0.25) is 0 Å². The second kappa shape index (κ2) is 5.43. The molecule has 8 heteroatoms. The number of nitrogens with one attached hydrogen (secondary N) is 1. The minimum atomic E-state index is -4.44. The minimum absolute atomic E-state index is 0.0697. The molecule has 0 aliphatic carbocycles. The molecule has 0 aliphatic rings. The van der Waals surface area contributed by atoms with Gasteiger partial charge in [-0.05, 0) is 12.1 Å². The number of hydrogen-bond donors (Lipinski definition) is 1. The third-order valence-electron chi connectivity index (χ3n) is 2.34. The molecule has 0 fully saturated rings. The van der Waals surface area contributed by atoms with Crippen molar-refractivity contribution < 1.29 is 17.9 Å². The first-order valence-electron chi connectivity index (χ1n) is 5.30. The lowest BCUT2D eigenvalue weighted by Gasteiger charge is -2.13. The zero-order chi connectivity index (χ0) is 13.9. The number of ether oxygens (including phenoxy) is 1. The summed E-state index contributed by atoms with van der Waals surface area (Å²) in [7, 11) is 1.68. The Bertz CT molecular complexity index is 556. The van der Waals surface area contributed by atoms with Gasteiger partial charge in [-0.15, -0.1) is 5.10 Å². The third-order valence-corrected chi connectivity index (χ3v) is 3.13. The van der Waals surface area contributed by atoms with Crippen molar-refractivity contribution in [3.05, 3.63) is 35.5 Å². The first-order valence-corrected chi connectivity index (χ1v) is 6.07. The molecule has 0 spiro atoms. The summed E-state index contributed by atoms with van der Waals surface area (Å²) in [5, 5.41) is 7.31. The largest absolute Gasteiger partial charge is 0.486 e. The molecule has 102 valence electrons. The van der Waals surface area contributed by atoms with E-state index in [1.54, 1.807) is 7.05 Å². The topological polar surface area (TPSA) is 47.0 Å². The molecule has 1 N–H and O–H groups in total. The number of benzene rings is 1. The van der Waals surface area contributed by atoms with Gasteiger partial charge in [0.25, 0.3) is 0 Å². The Morgan fingerprint density at radius 1 is 1.32 bits per heavy atom. The second-order valence-electron chi connectivity index (χ2n) is 3.58. The fourth-order valence-electron chi connectivity index (χ4n) is 1.47. The smallest absolute Gasteiger partial charge is 0.419 e.